The summed E-state index contributed by atoms with van der Waals surface area (Å²) < 4.78 is 6.52. The Bertz CT molecular complexity index is 385. The smallest absolute Gasteiger partial charge is 0.0945 e. The van der Waals surface area contributed by atoms with Gasteiger partial charge in [0.15, 0.2) is 0 Å². The zero-order valence-corrected chi connectivity index (χ0v) is 14.1. The van der Waals surface area contributed by atoms with Crippen LogP contribution in [-0.2, 0) is 4.74 Å². The van der Waals surface area contributed by atoms with Crippen molar-refractivity contribution in [3.63, 3.8) is 0 Å². The number of hydrogen-bond acceptors (Lipinski definition) is 3. The summed E-state index contributed by atoms with van der Waals surface area (Å²) in [6.07, 6.45) is 4.31. The summed E-state index contributed by atoms with van der Waals surface area (Å²) in [7, 11) is 0. The van der Waals surface area contributed by atoms with E-state index < -0.39 is 6.10 Å². The van der Waals surface area contributed by atoms with Crippen molar-refractivity contribution in [2.75, 3.05) is 25.1 Å². The predicted octanol–water partition coefficient (Wildman–Crippen LogP) is 4.13. The van der Waals surface area contributed by atoms with E-state index in [9.17, 15) is 5.11 Å². The SMILES string of the molecule is CCCCCCOCC(O)CNc1cc(Br)ccc1C. The fraction of sp³-hybridized carbons (Fsp3) is 0.625. The summed E-state index contributed by atoms with van der Waals surface area (Å²) in [6, 6.07) is 6.08. The second-order valence-corrected chi connectivity index (χ2v) is 6.05. The molecule has 0 spiro atoms. The second kappa shape index (κ2) is 10.2. The van der Waals surface area contributed by atoms with Crippen molar-refractivity contribution < 1.29 is 9.84 Å². The average molecular weight is 344 g/mol. The number of anilines is 1. The van der Waals surface area contributed by atoms with Gasteiger partial charge in [0.25, 0.3) is 0 Å². The van der Waals surface area contributed by atoms with Gasteiger partial charge in [0, 0.05) is 23.3 Å². The first-order chi connectivity index (χ1) is 9.63. The van der Waals surface area contributed by atoms with E-state index in [1.807, 2.05) is 25.1 Å². The highest BCUT2D eigenvalue weighted by molar-refractivity contribution is 9.10. The summed E-state index contributed by atoms with van der Waals surface area (Å²) in [5.74, 6) is 0. The van der Waals surface area contributed by atoms with Gasteiger partial charge >= 0.3 is 0 Å². The van der Waals surface area contributed by atoms with Gasteiger partial charge in [0.1, 0.15) is 0 Å². The van der Waals surface area contributed by atoms with Crippen molar-refractivity contribution in [1.29, 1.82) is 0 Å². The zero-order valence-electron chi connectivity index (χ0n) is 12.5. The van der Waals surface area contributed by atoms with Crippen molar-refractivity contribution in [3.8, 4) is 0 Å². The Kier molecular flexibility index (Phi) is 8.90. The first-order valence-corrected chi connectivity index (χ1v) is 8.18. The maximum absolute atomic E-state index is 9.87. The Balaban J connectivity index is 2.16. The number of benzene rings is 1. The molecule has 1 aromatic rings. The van der Waals surface area contributed by atoms with Gasteiger partial charge in [-0.15, -0.1) is 0 Å². The van der Waals surface area contributed by atoms with E-state index in [-0.39, 0.29) is 0 Å². The fourth-order valence-electron chi connectivity index (χ4n) is 1.92. The zero-order chi connectivity index (χ0) is 14.8. The highest BCUT2D eigenvalue weighted by Gasteiger charge is 2.05. The quantitative estimate of drug-likeness (QED) is 0.627. The molecule has 114 valence electrons. The van der Waals surface area contributed by atoms with Crippen LogP contribution in [0.15, 0.2) is 22.7 Å². The molecule has 0 heterocycles. The van der Waals surface area contributed by atoms with E-state index >= 15 is 0 Å². The van der Waals surface area contributed by atoms with E-state index in [1.54, 1.807) is 0 Å². The van der Waals surface area contributed by atoms with Gasteiger partial charge in [0.05, 0.1) is 12.7 Å². The van der Waals surface area contributed by atoms with Crippen LogP contribution >= 0.6 is 15.9 Å². The lowest BCUT2D eigenvalue weighted by Crippen LogP contribution is -2.25. The van der Waals surface area contributed by atoms with Crippen LogP contribution in [0.1, 0.15) is 38.2 Å². The third kappa shape index (κ3) is 7.27. The lowest BCUT2D eigenvalue weighted by atomic mass is 10.2. The number of rotatable bonds is 10. The van der Waals surface area contributed by atoms with Gasteiger partial charge in [-0.25, -0.2) is 0 Å². The van der Waals surface area contributed by atoms with Crippen LogP contribution in [0.3, 0.4) is 0 Å². The molecule has 0 amide bonds. The van der Waals surface area contributed by atoms with Crippen LogP contribution in [0.25, 0.3) is 0 Å². The van der Waals surface area contributed by atoms with Crippen molar-refractivity contribution in [1.82, 2.24) is 0 Å². The molecule has 1 unspecified atom stereocenters. The van der Waals surface area contributed by atoms with E-state index in [4.69, 9.17) is 4.74 Å². The van der Waals surface area contributed by atoms with Gasteiger partial charge in [-0.2, -0.15) is 0 Å². The van der Waals surface area contributed by atoms with Gasteiger partial charge in [-0.1, -0.05) is 48.2 Å². The normalized spacial score (nSPS) is 12.4. The molecule has 1 atom stereocenters. The Hall–Kier alpha value is -0.580. The largest absolute Gasteiger partial charge is 0.389 e. The Morgan fingerprint density at radius 2 is 2.10 bits per heavy atom. The van der Waals surface area contributed by atoms with Crippen LogP contribution in [0, 0.1) is 6.92 Å². The molecule has 2 N–H and O–H groups in total. The molecule has 20 heavy (non-hydrogen) atoms. The Labute approximate surface area is 130 Å². The van der Waals surface area contributed by atoms with Crippen LogP contribution in [0.2, 0.25) is 0 Å². The summed E-state index contributed by atoms with van der Waals surface area (Å²) in [4.78, 5) is 0. The minimum atomic E-state index is -0.473. The molecule has 0 radical (unpaired) electrons. The van der Waals surface area contributed by atoms with Gasteiger partial charge in [0.2, 0.25) is 0 Å². The van der Waals surface area contributed by atoms with E-state index in [0.717, 1.165) is 23.2 Å². The summed E-state index contributed by atoms with van der Waals surface area (Å²) >= 11 is 3.45. The van der Waals surface area contributed by atoms with Gasteiger partial charge in [-0.05, 0) is 31.0 Å². The maximum atomic E-state index is 9.87. The van der Waals surface area contributed by atoms with Crippen LogP contribution in [0.4, 0.5) is 5.69 Å². The minimum absolute atomic E-state index is 0.395. The molecule has 0 fully saturated rings. The summed E-state index contributed by atoms with van der Waals surface area (Å²) in [5, 5.41) is 13.1. The Morgan fingerprint density at radius 3 is 2.85 bits per heavy atom. The van der Waals surface area contributed by atoms with Gasteiger partial charge < -0.3 is 15.2 Å². The molecule has 0 saturated carbocycles. The second-order valence-electron chi connectivity index (χ2n) is 5.13. The lowest BCUT2D eigenvalue weighted by Gasteiger charge is -2.15. The highest BCUT2D eigenvalue weighted by Crippen LogP contribution is 2.20. The molecule has 1 rings (SSSR count). The molecule has 3 nitrogen and oxygen atoms in total. The first kappa shape index (κ1) is 17.5. The molecule has 0 bridgehead atoms. The topological polar surface area (TPSA) is 41.5 Å². The molecule has 0 aliphatic rings. The molecule has 4 heteroatoms. The van der Waals surface area contributed by atoms with Crippen LogP contribution < -0.4 is 5.32 Å². The van der Waals surface area contributed by atoms with E-state index in [1.165, 1.54) is 24.8 Å². The van der Waals surface area contributed by atoms with Crippen molar-refractivity contribution in [2.24, 2.45) is 0 Å². The molecule has 0 aromatic heterocycles. The standard InChI is InChI=1S/C16H26BrNO2/c1-3-4-5-6-9-20-12-15(19)11-18-16-10-14(17)8-7-13(16)2/h7-8,10,15,18-19H,3-6,9,11-12H2,1-2H3. The van der Waals surface area contributed by atoms with Crippen molar-refractivity contribution in [2.45, 2.75) is 45.6 Å². The number of halogens is 1. The number of aliphatic hydroxyl groups is 1. The number of nitrogens with one attached hydrogen (secondary N) is 1. The number of unbranched alkanes of at least 4 members (excludes halogenated alkanes) is 3. The minimum Gasteiger partial charge on any atom is -0.389 e. The third-order valence-electron chi connectivity index (χ3n) is 3.18. The summed E-state index contributed by atoms with van der Waals surface area (Å²) in [6.45, 7) is 5.89. The van der Waals surface area contributed by atoms with E-state index in [2.05, 4.69) is 28.2 Å². The summed E-state index contributed by atoms with van der Waals surface area (Å²) in [5.41, 5.74) is 2.21. The molecular formula is C16H26BrNO2. The maximum Gasteiger partial charge on any atom is 0.0945 e. The number of hydrogen-bond donors (Lipinski definition) is 2. The first-order valence-electron chi connectivity index (χ1n) is 7.39. The average Bonchev–Trinajstić information content (AvgIpc) is 2.43. The predicted molar refractivity (Wildman–Crippen MR) is 88.3 cm³/mol. The highest BCUT2D eigenvalue weighted by atomic mass is 79.9. The monoisotopic (exact) mass is 343 g/mol. The van der Waals surface area contributed by atoms with Crippen LogP contribution in [-0.4, -0.2) is 31.0 Å². The Morgan fingerprint density at radius 1 is 1.30 bits per heavy atom. The number of aryl methyl sites for hydroxylation is 1. The van der Waals surface area contributed by atoms with Crippen molar-refractivity contribution >= 4 is 21.6 Å². The molecule has 0 saturated heterocycles. The molecule has 0 aliphatic carbocycles. The van der Waals surface area contributed by atoms with Crippen LogP contribution in [0.5, 0.6) is 0 Å². The van der Waals surface area contributed by atoms with Gasteiger partial charge in [-0.3, -0.25) is 0 Å². The molecule has 0 aliphatic heterocycles. The fourth-order valence-corrected chi connectivity index (χ4v) is 2.28. The molecular weight excluding hydrogens is 318 g/mol. The molecule has 1 aromatic carbocycles. The number of ether oxygens (including phenoxy) is 1. The number of aliphatic hydroxyl groups excluding tert-OH is 1. The lowest BCUT2D eigenvalue weighted by molar-refractivity contribution is 0.0416. The van der Waals surface area contributed by atoms with E-state index in [0.29, 0.717) is 13.2 Å². The third-order valence-corrected chi connectivity index (χ3v) is 3.67. The van der Waals surface area contributed by atoms with Crippen molar-refractivity contribution in [3.05, 3.63) is 28.2 Å².